The number of rotatable bonds is 5. The molecule has 0 aliphatic carbocycles. The monoisotopic (exact) mass is 372 g/mol. The smallest absolute Gasteiger partial charge is 0.339 e. The Morgan fingerprint density at radius 2 is 1.82 bits per heavy atom. The molecule has 5 heteroatoms. The van der Waals surface area contributed by atoms with Gasteiger partial charge in [0.15, 0.2) is 0 Å². The van der Waals surface area contributed by atoms with Gasteiger partial charge in [0, 0.05) is 35.5 Å². The van der Waals surface area contributed by atoms with Crippen LogP contribution < -0.4 is 4.74 Å². The molecule has 4 rings (SSSR count). The van der Waals surface area contributed by atoms with Crippen LogP contribution in [0.3, 0.4) is 0 Å². The predicted octanol–water partition coefficient (Wildman–Crippen LogP) is 4.55. The molecule has 0 saturated carbocycles. The number of methoxy groups -OCH3 is 2. The first-order valence-electron chi connectivity index (χ1n) is 8.94. The summed E-state index contributed by atoms with van der Waals surface area (Å²) in [5.74, 6) is 0.429. The quantitative estimate of drug-likeness (QED) is 0.483. The van der Waals surface area contributed by atoms with Crippen LogP contribution in [-0.4, -0.2) is 29.7 Å². The van der Waals surface area contributed by atoms with Crippen molar-refractivity contribution >= 4 is 16.9 Å². The first-order chi connectivity index (χ1) is 13.7. The zero-order valence-electron chi connectivity index (χ0n) is 15.8. The number of nitrogens with zero attached hydrogens (tertiary/aromatic N) is 2. The Labute approximate surface area is 163 Å². The van der Waals surface area contributed by atoms with Gasteiger partial charge in [-0.3, -0.25) is 4.98 Å². The Bertz CT molecular complexity index is 1130. The first kappa shape index (κ1) is 17.8. The van der Waals surface area contributed by atoms with Crippen molar-refractivity contribution in [3.63, 3.8) is 0 Å². The van der Waals surface area contributed by atoms with Gasteiger partial charge >= 0.3 is 5.97 Å². The number of carbonyl (C=O) groups excluding carboxylic acids is 1. The van der Waals surface area contributed by atoms with E-state index in [2.05, 4.69) is 33.8 Å². The number of hydrogen-bond donors (Lipinski definition) is 0. The molecule has 0 saturated heterocycles. The number of hydrogen-bond acceptors (Lipinski definition) is 4. The highest BCUT2D eigenvalue weighted by atomic mass is 16.5. The molecule has 140 valence electrons. The van der Waals surface area contributed by atoms with E-state index in [4.69, 9.17) is 9.47 Å². The Kier molecular flexibility index (Phi) is 4.81. The Morgan fingerprint density at radius 3 is 2.57 bits per heavy atom. The molecule has 2 aromatic carbocycles. The van der Waals surface area contributed by atoms with Gasteiger partial charge in [0.05, 0.1) is 19.8 Å². The second-order valence-corrected chi connectivity index (χ2v) is 6.48. The Hall–Kier alpha value is -3.60. The maximum absolute atomic E-state index is 11.9. The number of esters is 1. The summed E-state index contributed by atoms with van der Waals surface area (Å²) in [5, 5.41) is 1.09. The van der Waals surface area contributed by atoms with Crippen molar-refractivity contribution < 1.29 is 14.3 Å². The largest absolute Gasteiger partial charge is 0.497 e. The van der Waals surface area contributed by atoms with E-state index in [1.807, 2.05) is 36.4 Å². The molecule has 0 spiro atoms. The Morgan fingerprint density at radius 1 is 1.00 bits per heavy atom. The maximum Gasteiger partial charge on any atom is 0.339 e. The minimum absolute atomic E-state index is 0.389. The summed E-state index contributed by atoms with van der Waals surface area (Å²) in [4.78, 5) is 16.1. The number of fused-ring (bicyclic) bond motifs is 1. The molecular weight excluding hydrogens is 352 g/mol. The fraction of sp³-hybridized carbons (Fsp3) is 0.130. The lowest BCUT2D eigenvalue weighted by molar-refractivity contribution is 0.0600. The second kappa shape index (κ2) is 7.56. The van der Waals surface area contributed by atoms with E-state index in [9.17, 15) is 4.79 Å². The van der Waals surface area contributed by atoms with E-state index in [1.165, 1.54) is 13.3 Å². The van der Waals surface area contributed by atoms with Gasteiger partial charge in [-0.05, 0) is 41.5 Å². The first-order valence-corrected chi connectivity index (χ1v) is 8.94. The lowest BCUT2D eigenvalue weighted by Gasteiger charge is -2.12. The minimum Gasteiger partial charge on any atom is -0.497 e. The molecule has 0 unspecified atom stereocenters. The van der Waals surface area contributed by atoms with Crippen LogP contribution in [0.5, 0.6) is 5.75 Å². The SMILES string of the molecule is COC(=O)c1cncc(Cn2c(-c3ccccc3)cc3cc(OC)ccc32)c1. The number of aromatic nitrogens is 2. The molecule has 0 aliphatic heterocycles. The van der Waals surface area contributed by atoms with E-state index < -0.39 is 0 Å². The van der Waals surface area contributed by atoms with E-state index in [0.717, 1.165) is 33.5 Å². The summed E-state index contributed by atoms with van der Waals surface area (Å²) in [6.07, 6.45) is 3.29. The van der Waals surface area contributed by atoms with Crippen LogP contribution >= 0.6 is 0 Å². The second-order valence-electron chi connectivity index (χ2n) is 6.48. The van der Waals surface area contributed by atoms with Crippen LogP contribution in [0.15, 0.2) is 73.1 Å². The topological polar surface area (TPSA) is 53.3 Å². The summed E-state index contributed by atoms with van der Waals surface area (Å²) in [7, 11) is 3.04. The molecule has 2 aromatic heterocycles. The van der Waals surface area contributed by atoms with Crippen molar-refractivity contribution in [2.75, 3.05) is 14.2 Å². The average Bonchev–Trinajstić information content (AvgIpc) is 3.11. The molecule has 0 radical (unpaired) electrons. The number of carbonyl (C=O) groups is 1. The molecule has 2 heterocycles. The fourth-order valence-electron chi connectivity index (χ4n) is 3.38. The summed E-state index contributed by atoms with van der Waals surface area (Å²) in [6.45, 7) is 0.581. The van der Waals surface area contributed by atoms with Gasteiger partial charge in [-0.1, -0.05) is 30.3 Å². The number of benzene rings is 2. The molecular formula is C23H20N2O3. The molecule has 0 amide bonds. The summed E-state index contributed by atoms with van der Waals surface area (Å²) in [6, 6.07) is 20.2. The lowest BCUT2D eigenvalue weighted by Crippen LogP contribution is -2.06. The third-order valence-corrected chi connectivity index (χ3v) is 4.73. The van der Waals surface area contributed by atoms with Gasteiger partial charge in [-0.2, -0.15) is 0 Å². The maximum atomic E-state index is 11.9. The Balaban J connectivity index is 1.84. The van der Waals surface area contributed by atoms with Gasteiger partial charge in [0.2, 0.25) is 0 Å². The minimum atomic E-state index is -0.389. The molecule has 4 aromatic rings. The molecule has 28 heavy (non-hydrogen) atoms. The summed E-state index contributed by atoms with van der Waals surface area (Å²) < 4.78 is 12.4. The van der Waals surface area contributed by atoms with Gasteiger partial charge in [-0.15, -0.1) is 0 Å². The van der Waals surface area contributed by atoms with Gasteiger partial charge in [0.1, 0.15) is 5.75 Å². The highest BCUT2D eigenvalue weighted by Gasteiger charge is 2.13. The van der Waals surface area contributed by atoms with Gasteiger partial charge in [-0.25, -0.2) is 4.79 Å². The zero-order chi connectivity index (χ0) is 19.5. The van der Waals surface area contributed by atoms with Crippen LogP contribution in [0, 0.1) is 0 Å². The third-order valence-electron chi connectivity index (χ3n) is 4.73. The van der Waals surface area contributed by atoms with Crippen molar-refractivity contribution in [1.82, 2.24) is 9.55 Å². The molecule has 0 fully saturated rings. The van der Waals surface area contributed by atoms with Crippen LogP contribution in [0.1, 0.15) is 15.9 Å². The predicted molar refractivity (Wildman–Crippen MR) is 109 cm³/mol. The lowest BCUT2D eigenvalue weighted by atomic mass is 10.1. The van der Waals surface area contributed by atoms with E-state index in [0.29, 0.717) is 12.1 Å². The number of pyridine rings is 1. The van der Waals surface area contributed by atoms with Crippen LogP contribution in [0.4, 0.5) is 0 Å². The van der Waals surface area contributed by atoms with Gasteiger partial charge in [0.25, 0.3) is 0 Å². The van der Waals surface area contributed by atoms with Crippen LogP contribution in [0.25, 0.3) is 22.2 Å². The van der Waals surface area contributed by atoms with E-state index in [1.54, 1.807) is 13.3 Å². The number of ether oxygens (including phenoxy) is 2. The highest BCUT2D eigenvalue weighted by molar-refractivity contribution is 5.89. The summed E-state index contributed by atoms with van der Waals surface area (Å²) in [5.41, 5.74) is 4.66. The van der Waals surface area contributed by atoms with Crippen molar-refractivity contribution in [3.05, 3.63) is 84.2 Å². The zero-order valence-corrected chi connectivity index (χ0v) is 15.8. The third kappa shape index (κ3) is 3.34. The van der Waals surface area contributed by atoms with Crippen molar-refractivity contribution in [2.45, 2.75) is 6.54 Å². The van der Waals surface area contributed by atoms with Crippen molar-refractivity contribution in [1.29, 1.82) is 0 Å². The van der Waals surface area contributed by atoms with Crippen molar-refractivity contribution in [2.24, 2.45) is 0 Å². The molecule has 0 aliphatic rings. The highest BCUT2D eigenvalue weighted by Crippen LogP contribution is 2.31. The average molecular weight is 372 g/mol. The standard InChI is InChI=1S/C23H20N2O3/c1-27-20-8-9-21-18(11-20)12-22(17-6-4-3-5-7-17)25(21)15-16-10-19(14-24-13-16)23(26)28-2/h3-14H,15H2,1-2H3. The van der Waals surface area contributed by atoms with Gasteiger partial charge < -0.3 is 14.0 Å². The van der Waals surface area contributed by atoms with E-state index >= 15 is 0 Å². The molecule has 0 N–H and O–H groups in total. The van der Waals surface area contributed by atoms with Crippen LogP contribution in [-0.2, 0) is 11.3 Å². The fourth-order valence-corrected chi connectivity index (χ4v) is 3.38. The summed E-state index contributed by atoms with van der Waals surface area (Å²) >= 11 is 0. The molecule has 0 bridgehead atoms. The van der Waals surface area contributed by atoms with E-state index in [-0.39, 0.29) is 5.97 Å². The normalized spacial score (nSPS) is 10.8. The van der Waals surface area contributed by atoms with Crippen molar-refractivity contribution in [3.8, 4) is 17.0 Å². The van der Waals surface area contributed by atoms with Crippen LogP contribution in [0.2, 0.25) is 0 Å². The molecule has 0 atom stereocenters. The molecule has 5 nitrogen and oxygen atoms in total.